The van der Waals surface area contributed by atoms with Gasteiger partial charge in [-0.3, -0.25) is 4.68 Å². The Morgan fingerprint density at radius 1 is 1.14 bits per heavy atom. The lowest BCUT2D eigenvalue weighted by Gasteiger charge is -2.29. The number of aliphatic hydroxyl groups is 1. The van der Waals surface area contributed by atoms with E-state index in [1.54, 1.807) is 12.3 Å². The molecule has 5 rings (SSSR count). The highest BCUT2D eigenvalue weighted by Gasteiger charge is 2.25. The van der Waals surface area contributed by atoms with Crippen molar-refractivity contribution in [3.63, 3.8) is 0 Å². The second-order valence-electron chi connectivity index (χ2n) is 9.01. The summed E-state index contributed by atoms with van der Waals surface area (Å²) < 4.78 is 46.1. The van der Waals surface area contributed by atoms with Crippen molar-refractivity contribution in [2.24, 2.45) is 5.10 Å². The predicted molar refractivity (Wildman–Crippen MR) is 129 cm³/mol. The van der Waals surface area contributed by atoms with Gasteiger partial charge in [-0.2, -0.15) is 19.0 Å². The zero-order chi connectivity index (χ0) is 25.2. The molecule has 1 atom stereocenters. The first-order valence-electron chi connectivity index (χ1n) is 11.7. The number of nitrogens with zero attached hydrogens (tertiary/aromatic N) is 4. The van der Waals surface area contributed by atoms with Crippen LogP contribution in [0.1, 0.15) is 30.0 Å². The summed E-state index contributed by atoms with van der Waals surface area (Å²) in [6, 6.07) is 9.16. The van der Waals surface area contributed by atoms with E-state index in [2.05, 4.69) is 37.6 Å². The lowest BCUT2D eigenvalue weighted by Crippen LogP contribution is -2.35. The van der Waals surface area contributed by atoms with Gasteiger partial charge in [0.05, 0.1) is 18.8 Å². The molecular weight excluding hydrogens is 473 g/mol. The summed E-state index contributed by atoms with van der Waals surface area (Å²) >= 11 is 0. The van der Waals surface area contributed by atoms with Crippen LogP contribution in [0.5, 0.6) is 5.75 Å². The summed E-state index contributed by atoms with van der Waals surface area (Å²) in [5, 5.41) is 22.5. The Bertz CT molecular complexity index is 1240. The van der Waals surface area contributed by atoms with E-state index in [0.717, 1.165) is 25.9 Å². The zero-order valence-corrected chi connectivity index (χ0v) is 19.7. The molecule has 3 N–H and O–H groups in total. The van der Waals surface area contributed by atoms with Crippen LogP contribution in [0.15, 0.2) is 53.9 Å². The molecule has 1 unspecified atom stereocenters. The van der Waals surface area contributed by atoms with E-state index in [0.29, 0.717) is 34.5 Å². The minimum atomic E-state index is -2.92. The van der Waals surface area contributed by atoms with Gasteiger partial charge in [-0.15, -0.1) is 0 Å². The van der Waals surface area contributed by atoms with Gasteiger partial charge in [0.15, 0.2) is 6.23 Å². The highest BCUT2D eigenvalue weighted by atomic mass is 19.3. The molecular formula is C25H27F3N6O2. The van der Waals surface area contributed by atoms with Gasteiger partial charge < -0.3 is 25.5 Å². The van der Waals surface area contributed by atoms with Crippen LogP contribution in [-0.4, -0.2) is 58.5 Å². The summed E-state index contributed by atoms with van der Waals surface area (Å²) in [4.78, 5) is 2.28. The van der Waals surface area contributed by atoms with Gasteiger partial charge in [0, 0.05) is 28.6 Å². The maximum Gasteiger partial charge on any atom is 0.387 e. The number of nitrogens with one attached hydrogen (secondary N) is 2. The van der Waals surface area contributed by atoms with Crippen LogP contribution in [0, 0.1) is 5.82 Å². The monoisotopic (exact) mass is 500 g/mol. The molecule has 0 amide bonds. The molecule has 36 heavy (non-hydrogen) atoms. The molecule has 11 heteroatoms. The molecule has 0 saturated carbocycles. The van der Waals surface area contributed by atoms with Crippen molar-refractivity contribution in [3.05, 3.63) is 65.7 Å². The van der Waals surface area contributed by atoms with E-state index < -0.39 is 12.8 Å². The Labute approximate surface area is 206 Å². The number of fused-ring (bicyclic) bond motifs is 1. The van der Waals surface area contributed by atoms with Gasteiger partial charge in [0.2, 0.25) is 0 Å². The molecule has 2 aliphatic heterocycles. The second kappa shape index (κ2) is 10.2. The van der Waals surface area contributed by atoms with Crippen molar-refractivity contribution in [3.8, 4) is 16.9 Å². The number of aliphatic hydroxyl groups excluding tert-OH is 1. The largest absolute Gasteiger partial charge is 0.435 e. The Morgan fingerprint density at radius 2 is 1.89 bits per heavy atom. The minimum Gasteiger partial charge on any atom is -0.435 e. The Hall–Kier alpha value is -3.57. The van der Waals surface area contributed by atoms with E-state index in [1.165, 1.54) is 30.3 Å². The topological polar surface area (TPSA) is 86.9 Å². The average molecular weight is 501 g/mol. The highest BCUT2D eigenvalue weighted by Crippen LogP contribution is 2.30. The summed E-state index contributed by atoms with van der Waals surface area (Å²) in [5.74, 6) is -0.371. The molecule has 2 aliphatic rings. The number of ether oxygens (including phenoxy) is 1. The Morgan fingerprint density at radius 3 is 2.61 bits per heavy atom. The highest BCUT2D eigenvalue weighted by molar-refractivity contribution is 6.07. The van der Waals surface area contributed by atoms with Crippen molar-refractivity contribution >= 4 is 11.4 Å². The zero-order valence-electron chi connectivity index (χ0n) is 19.7. The molecule has 1 fully saturated rings. The first-order valence-corrected chi connectivity index (χ1v) is 11.7. The van der Waals surface area contributed by atoms with Crippen molar-refractivity contribution in [2.45, 2.75) is 38.3 Å². The van der Waals surface area contributed by atoms with Crippen LogP contribution in [0.4, 0.5) is 18.9 Å². The van der Waals surface area contributed by atoms with Crippen LogP contribution in [0.2, 0.25) is 0 Å². The molecule has 1 saturated heterocycles. The first-order chi connectivity index (χ1) is 17.4. The Balaban J connectivity index is 1.36. The van der Waals surface area contributed by atoms with Crippen molar-refractivity contribution < 1.29 is 23.0 Å². The number of rotatable bonds is 7. The molecule has 3 aromatic rings. The molecule has 0 spiro atoms. The van der Waals surface area contributed by atoms with Crippen LogP contribution >= 0.6 is 0 Å². The maximum absolute atomic E-state index is 15.1. The molecule has 3 heterocycles. The van der Waals surface area contributed by atoms with E-state index in [9.17, 15) is 13.9 Å². The van der Waals surface area contributed by atoms with Gasteiger partial charge in [0.25, 0.3) is 0 Å². The lowest BCUT2D eigenvalue weighted by atomic mass is 9.95. The van der Waals surface area contributed by atoms with Crippen molar-refractivity contribution in [1.29, 1.82) is 0 Å². The van der Waals surface area contributed by atoms with Crippen LogP contribution in [0.3, 0.4) is 0 Å². The number of likely N-dealkylation sites (tertiary alicyclic amines) is 1. The number of hydrazone groups is 1. The molecule has 0 bridgehead atoms. The number of hydrogen-bond donors (Lipinski definition) is 3. The standard InChI is InChI=1S/C25H27F3N6O2/c1-33-8-6-18(7-9-33)34-14-16(13-30-34)20-11-21-15(10-22(20)26)12-29-32-23(21)24(35)31-17-2-4-19(5-3-17)36-25(27)28/h2-5,10-11,13-14,18,24-25,29,31,35H,6-9,12H2,1H3. The normalized spacial score (nSPS) is 17.3. The van der Waals surface area contributed by atoms with Gasteiger partial charge in [-0.1, -0.05) is 0 Å². The van der Waals surface area contributed by atoms with E-state index in [-0.39, 0.29) is 23.3 Å². The van der Waals surface area contributed by atoms with Crippen molar-refractivity contribution in [1.82, 2.24) is 20.1 Å². The first kappa shape index (κ1) is 24.1. The fourth-order valence-corrected chi connectivity index (χ4v) is 4.59. The predicted octanol–water partition coefficient (Wildman–Crippen LogP) is 3.80. The van der Waals surface area contributed by atoms with Crippen LogP contribution < -0.4 is 15.5 Å². The molecule has 2 aromatic carbocycles. The smallest absolute Gasteiger partial charge is 0.387 e. The quantitative estimate of drug-likeness (QED) is 0.428. The van der Waals surface area contributed by atoms with Crippen molar-refractivity contribution in [2.75, 3.05) is 25.5 Å². The fraction of sp³-hybridized carbons (Fsp3) is 0.360. The third-order valence-electron chi connectivity index (χ3n) is 6.55. The number of aromatic nitrogens is 2. The van der Waals surface area contributed by atoms with Gasteiger partial charge in [0.1, 0.15) is 17.3 Å². The lowest BCUT2D eigenvalue weighted by molar-refractivity contribution is -0.0498. The summed E-state index contributed by atoms with van der Waals surface area (Å²) in [5.41, 5.74) is 5.88. The van der Waals surface area contributed by atoms with E-state index >= 15 is 4.39 Å². The summed E-state index contributed by atoms with van der Waals surface area (Å²) in [6.07, 6.45) is 4.27. The van der Waals surface area contributed by atoms with E-state index in [4.69, 9.17) is 0 Å². The van der Waals surface area contributed by atoms with E-state index in [1.807, 2.05) is 10.9 Å². The molecule has 0 radical (unpaired) electrons. The second-order valence-corrected chi connectivity index (χ2v) is 9.01. The molecule has 1 aromatic heterocycles. The number of halogens is 3. The SMILES string of the molecule is CN1CCC(n2cc(-c3cc4c(cc3F)CNN=C4C(O)Nc3ccc(OC(F)F)cc3)cn2)CC1. The summed E-state index contributed by atoms with van der Waals surface area (Å²) in [7, 11) is 2.10. The van der Waals surface area contributed by atoms with Crippen LogP contribution in [0.25, 0.3) is 11.1 Å². The molecule has 0 aliphatic carbocycles. The van der Waals surface area contributed by atoms with Crippen LogP contribution in [-0.2, 0) is 6.54 Å². The van der Waals surface area contributed by atoms with Gasteiger partial charge in [-0.05, 0) is 74.9 Å². The maximum atomic E-state index is 15.1. The number of hydrogen-bond acceptors (Lipinski definition) is 7. The molecule has 8 nitrogen and oxygen atoms in total. The van der Waals surface area contributed by atoms with Gasteiger partial charge >= 0.3 is 6.61 Å². The average Bonchev–Trinajstić information content (AvgIpc) is 3.34. The fourth-order valence-electron chi connectivity index (χ4n) is 4.59. The van der Waals surface area contributed by atoms with Gasteiger partial charge in [-0.25, -0.2) is 4.39 Å². The molecule has 190 valence electrons. The number of piperidine rings is 1. The number of anilines is 1. The number of benzene rings is 2. The summed E-state index contributed by atoms with van der Waals surface area (Å²) in [6.45, 7) is -0.615. The minimum absolute atomic E-state index is 0.00738. The number of alkyl halides is 2. The Kier molecular flexibility index (Phi) is 6.84. The third-order valence-corrected chi connectivity index (χ3v) is 6.55. The third kappa shape index (κ3) is 5.17.